The third kappa shape index (κ3) is 43.5. The summed E-state index contributed by atoms with van der Waals surface area (Å²) in [5, 5.41) is 10.8. The number of carbonyl (C=O) groups excluding carboxylic acids is 1. The summed E-state index contributed by atoms with van der Waals surface area (Å²) in [5.41, 5.74) is 20.7. The molecule has 0 saturated heterocycles. The Morgan fingerprint density at radius 2 is 1.70 bits per heavy atom. The number of hydrogen-bond acceptors (Lipinski definition) is 4. The number of ether oxygens (including phenoxy) is 1. The van der Waals surface area contributed by atoms with Crippen molar-refractivity contribution in [3.63, 3.8) is 0 Å². The summed E-state index contributed by atoms with van der Waals surface area (Å²) in [6.07, 6.45) is 0. The molecule has 0 aliphatic rings. The maximum atomic E-state index is 10.6. The van der Waals surface area contributed by atoms with Gasteiger partial charge in [0.15, 0.2) is 0 Å². The van der Waals surface area contributed by atoms with Crippen LogP contribution in [0, 0.1) is 0 Å². The van der Waals surface area contributed by atoms with Gasteiger partial charge in [-0.1, -0.05) is 21.0 Å². The van der Waals surface area contributed by atoms with Crippen molar-refractivity contribution in [1.29, 1.82) is 0 Å². The minimum absolute atomic E-state index is 0. The van der Waals surface area contributed by atoms with Crippen molar-refractivity contribution in [1.82, 2.24) is 0 Å². The summed E-state index contributed by atoms with van der Waals surface area (Å²) in [7, 11) is 0. The van der Waals surface area contributed by atoms with E-state index >= 15 is 0 Å². The average molecular weight is 361 g/mol. The van der Waals surface area contributed by atoms with Crippen LogP contribution in [-0.4, -0.2) is 34.5 Å². The summed E-state index contributed by atoms with van der Waals surface area (Å²) in [6, 6.07) is 0. The van der Waals surface area contributed by atoms with Gasteiger partial charge in [0.2, 0.25) is 0 Å². The number of carboxylic acid groups (broad SMARTS) is 1. The van der Waals surface area contributed by atoms with Crippen LogP contribution in [0.3, 0.4) is 0 Å². The first-order chi connectivity index (χ1) is 8.64. The molecule has 0 aromatic rings. The fraction of sp³-hybridized carbons (Fsp3) is 0.750. The molecule has 10 nitrogen and oxygen atoms in total. The zero-order chi connectivity index (χ0) is 15.9. The molecule has 12 heteroatoms. The molecule has 0 bridgehead atoms. The van der Waals surface area contributed by atoms with Crippen molar-refractivity contribution < 1.29 is 49.0 Å². The largest absolute Gasteiger partial charge is 1.00 e. The monoisotopic (exact) mass is 360 g/mol. The number of hydrogen-bond donors (Lipinski definition) is 1. The Labute approximate surface area is 146 Å². The summed E-state index contributed by atoms with van der Waals surface area (Å²) in [5.74, 6) is -1.33. The van der Waals surface area contributed by atoms with Crippen LogP contribution in [0.15, 0.2) is 5.11 Å². The summed E-state index contributed by atoms with van der Waals surface area (Å²) < 4.78 is 4.90. The molecule has 20 heavy (non-hydrogen) atoms. The van der Waals surface area contributed by atoms with Gasteiger partial charge in [-0.3, -0.25) is 14.5 Å². The standard InChI is InChI=1S/C6H11BrO2.C2H3N3O2.N3.Na/c1-6(2,3)9-5(8)4-7;3-5-4-1-2(6)7;1-3-2;/h4H2,1-3H3;1H2,(H,6,7);;/q;;-1;+1. The molecular formula is C8H14BrN6NaO4. The number of esters is 1. The van der Waals surface area contributed by atoms with Gasteiger partial charge in [0.05, 0.1) is 0 Å². The zero-order valence-electron chi connectivity index (χ0n) is 11.6. The Balaban J connectivity index is -0.000000105. The maximum Gasteiger partial charge on any atom is 1.00 e. The second-order valence-electron chi connectivity index (χ2n) is 3.59. The molecule has 0 fully saturated rings. The fourth-order valence-electron chi connectivity index (χ4n) is 0.461. The van der Waals surface area contributed by atoms with Gasteiger partial charge in [-0.25, -0.2) is 0 Å². The van der Waals surface area contributed by atoms with E-state index in [-0.39, 0.29) is 46.5 Å². The fourth-order valence-corrected chi connectivity index (χ4v) is 0.575. The van der Waals surface area contributed by atoms with E-state index in [1.807, 2.05) is 20.8 Å². The summed E-state index contributed by atoms with van der Waals surface area (Å²) in [4.78, 5) is 23.8. The maximum absolute atomic E-state index is 10.6. The van der Waals surface area contributed by atoms with E-state index in [2.05, 4.69) is 26.0 Å². The normalized spacial score (nSPS) is 7.80. The predicted molar refractivity (Wildman–Crippen MR) is 71.4 cm³/mol. The van der Waals surface area contributed by atoms with E-state index in [0.29, 0.717) is 0 Å². The Bertz CT molecular complexity index is 360. The minimum Gasteiger partial charge on any atom is -0.481 e. The summed E-state index contributed by atoms with van der Waals surface area (Å²) in [6.45, 7) is 5.05. The molecule has 0 radical (unpaired) electrons. The average Bonchev–Trinajstić information content (AvgIpc) is 2.26. The van der Waals surface area contributed by atoms with Crippen LogP contribution in [0.2, 0.25) is 0 Å². The molecule has 0 aliphatic heterocycles. The van der Waals surface area contributed by atoms with Crippen LogP contribution in [0.1, 0.15) is 20.8 Å². The molecule has 0 saturated carbocycles. The van der Waals surface area contributed by atoms with Crippen molar-refractivity contribution in [3.8, 4) is 0 Å². The van der Waals surface area contributed by atoms with E-state index < -0.39 is 12.5 Å². The number of rotatable bonds is 3. The Kier molecular flexibility index (Phi) is 24.7. The second kappa shape index (κ2) is 18.0. The first-order valence-electron chi connectivity index (χ1n) is 4.63. The van der Waals surface area contributed by atoms with Gasteiger partial charge in [-0.05, 0) is 26.3 Å². The number of nitrogens with zero attached hydrogens (tertiary/aromatic N) is 6. The number of halogens is 1. The van der Waals surface area contributed by atoms with Gasteiger partial charge in [0.25, 0.3) is 0 Å². The van der Waals surface area contributed by atoms with Gasteiger partial charge in [0, 0.05) is 4.91 Å². The summed E-state index contributed by atoms with van der Waals surface area (Å²) >= 11 is 2.99. The van der Waals surface area contributed by atoms with Crippen molar-refractivity contribution in [2.45, 2.75) is 26.4 Å². The molecule has 0 aliphatic carbocycles. The second-order valence-corrected chi connectivity index (χ2v) is 4.15. The SMILES string of the molecule is CC(C)(C)OC(=O)CBr.[N-]=[N+]=NCC(=O)O.[N-]=[N+]=[N-].[Na+]. The van der Waals surface area contributed by atoms with Crippen LogP contribution in [-0.2, 0) is 14.3 Å². The van der Waals surface area contributed by atoms with E-state index in [1.54, 1.807) is 0 Å². The number of carbonyl (C=O) groups is 2. The van der Waals surface area contributed by atoms with Gasteiger partial charge < -0.3 is 20.9 Å². The first kappa shape index (κ1) is 27.4. The molecule has 0 heterocycles. The molecule has 0 aromatic carbocycles. The van der Waals surface area contributed by atoms with Crippen LogP contribution in [0.25, 0.3) is 26.4 Å². The topological polar surface area (TPSA) is 171 Å². The van der Waals surface area contributed by atoms with Crippen LogP contribution < -0.4 is 29.6 Å². The van der Waals surface area contributed by atoms with Crippen molar-refractivity contribution >= 4 is 27.9 Å². The van der Waals surface area contributed by atoms with E-state index in [0.717, 1.165) is 0 Å². The van der Waals surface area contributed by atoms with Crippen LogP contribution in [0.5, 0.6) is 0 Å². The third-order valence-corrected chi connectivity index (χ3v) is 1.26. The first-order valence-corrected chi connectivity index (χ1v) is 5.75. The predicted octanol–water partition coefficient (Wildman–Crippen LogP) is -0.0256. The zero-order valence-corrected chi connectivity index (χ0v) is 15.2. The van der Waals surface area contributed by atoms with Crippen molar-refractivity contribution in [3.05, 3.63) is 26.4 Å². The van der Waals surface area contributed by atoms with Crippen molar-refractivity contribution in [2.75, 3.05) is 11.9 Å². The van der Waals surface area contributed by atoms with Crippen molar-refractivity contribution in [2.24, 2.45) is 5.11 Å². The molecule has 0 atom stereocenters. The molecule has 0 rings (SSSR count). The minimum atomic E-state index is -1.11. The van der Waals surface area contributed by atoms with Gasteiger partial charge >= 0.3 is 41.5 Å². The molecular weight excluding hydrogens is 347 g/mol. The van der Waals surface area contributed by atoms with Gasteiger partial charge in [0.1, 0.15) is 17.5 Å². The molecule has 0 spiro atoms. The van der Waals surface area contributed by atoms with Crippen LogP contribution in [0.4, 0.5) is 0 Å². The number of azide groups is 1. The Hall–Kier alpha value is -0.960. The third-order valence-electron chi connectivity index (χ3n) is 0.798. The Morgan fingerprint density at radius 1 is 1.30 bits per heavy atom. The van der Waals surface area contributed by atoms with Crippen LogP contribution >= 0.6 is 15.9 Å². The molecule has 0 unspecified atom stereocenters. The Morgan fingerprint density at radius 3 is 1.80 bits per heavy atom. The number of aliphatic carboxylic acids is 1. The molecule has 108 valence electrons. The van der Waals surface area contributed by atoms with E-state index in [1.165, 1.54) is 4.91 Å². The quantitative estimate of drug-likeness (QED) is 0.186. The van der Waals surface area contributed by atoms with E-state index in [9.17, 15) is 9.59 Å². The molecule has 0 aromatic heterocycles. The number of alkyl halides is 1. The van der Waals surface area contributed by atoms with Gasteiger partial charge in [-0.2, -0.15) is 0 Å². The number of carboxylic acids is 1. The van der Waals surface area contributed by atoms with E-state index in [4.69, 9.17) is 26.4 Å². The van der Waals surface area contributed by atoms with Gasteiger partial charge in [-0.15, -0.1) is 0 Å². The smallest absolute Gasteiger partial charge is 0.481 e. The molecule has 0 amide bonds. The molecule has 1 N–H and O–H groups in total.